The molecule has 1 saturated heterocycles. The first-order valence-corrected chi connectivity index (χ1v) is 6.24. The van der Waals surface area contributed by atoms with Gasteiger partial charge in [-0.05, 0) is 24.6 Å². The predicted octanol–water partition coefficient (Wildman–Crippen LogP) is -0.310. The highest BCUT2D eigenvalue weighted by Crippen LogP contribution is 2.31. The van der Waals surface area contributed by atoms with Crippen LogP contribution in [0, 0.1) is 0 Å². The van der Waals surface area contributed by atoms with Crippen LogP contribution in [0.25, 0.3) is 0 Å². The molecule has 1 aliphatic heterocycles. The Kier molecular flexibility index (Phi) is 4.05. The van der Waals surface area contributed by atoms with E-state index in [2.05, 4.69) is 4.98 Å². The molecule has 3 N–H and O–H groups in total. The number of aromatic nitrogens is 1. The molecule has 6 heteroatoms. The molecule has 1 aromatic rings. The van der Waals surface area contributed by atoms with Crippen LogP contribution in [0.15, 0.2) is 18.3 Å². The minimum Gasteiger partial charge on any atom is -0.388 e. The van der Waals surface area contributed by atoms with E-state index in [0.717, 1.165) is 0 Å². The summed E-state index contributed by atoms with van der Waals surface area (Å²) in [6, 6.07) is 3.40. The van der Waals surface area contributed by atoms with Crippen molar-refractivity contribution < 1.29 is 20.1 Å². The number of aliphatic hydroxyl groups is 3. The maximum atomic E-state index is 10.3. The van der Waals surface area contributed by atoms with Crippen LogP contribution >= 0.6 is 0 Å². The van der Waals surface area contributed by atoms with E-state index in [4.69, 9.17) is 4.74 Å². The van der Waals surface area contributed by atoms with Crippen molar-refractivity contribution in [2.24, 2.45) is 0 Å². The Morgan fingerprint density at radius 3 is 2.53 bits per heavy atom. The number of nitrogens with zero attached hydrogens (tertiary/aromatic N) is 2. The number of ether oxygens (including phenoxy) is 1. The standard InChI is InChI=1S/C13H20N2O4/c1-7-10(16)12(18)13(19-7)11(17)8-4-5-14-9(6-8)15(2)3/h4-7,10-13,16-18H,1-3H3. The Labute approximate surface area is 112 Å². The molecular weight excluding hydrogens is 248 g/mol. The number of rotatable bonds is 3. The zero-order valence-electron chi connectivity index (χ0n) is 11.3. The summed E-state index contributed by atoms with van der Waals surface area (Å²) in [7, 11) is 3.70. The summed E-state index contributed by atoms with van der Waals surface area (Å²) in [6.07, 6.45) is -2.81. The fraction of sp³-hybridized carbons (Fsp3) is 0.615. The number of hydrogen-bond acceptors (Lipinski definition) is 6. The largest absolute Gasteiger partial charge is 0.388 e. The van der Waals surface area contributed by atoms with Crippen LogP contribution in [0.3, 0.4) is 0 Å². The summed E-state index contributed by atoms with van der Waals surface area (Å²) in [5.74, 6) is 0.706. The molecule has 1 aromatic heterocycles. The Hall–Kier alpha value is -1.21. The zero-order valence-corrected chi connectivity index (χ0v) is 11.3. The highest BCUT2D eigenvalue weighted by molar-refractivity contribution is 5.40. The van der Waals surface area contributed by atoms with Gasteiger partial charge in [-0.15, -0.1) is 0 Å². The molecule has 0 radical (unpaired) electrons. The van der Waals surface area contributed by atoms with Crippen molar-refractivity contribution in [2.75, 3.05) is 19.0 Å². The first-order valence-electron chi connectivity index (χ1n) is 6.24. The van der Waals surface area contributed by atoms with Crippen LogP contribution in [0.4, 0.5) is 5.82 Å². The van der Waals surface area contributed by atoms with Gasteiger partial charge in [0.1, 0.15) is 30.2 Å². The van der Waals surface area contributed by atoms with Gasteiger partial charge >= 0.3 is 0 Å². The Morgan fingerprint density at radius 1 is 1.32 bits per heavy atom. The van der Waals surface area contributed by atoms with Gasteiger partial charge in [0.2, 0.25) is 0 Å². The summed E-state index contributed by atoms with van der Waals surface area (Å²) in [6.45, 7) is 1.67. The van der Waals surface area contributed by atoms with Crippen LogP contribution in [-0.4, -0.2) is 58.8 Å². The smallest absolute Gasteiger partial charge is 0.128 e. The van der Waals surface area contributed by atoms with Gasteiger partial charge in [-0.25, -0.2) is 4.98 Å². The van der Waals surface area contributed by atoms with Gasteiger partial charge in [0, 0.05) is 20.3 Å². The number of pyridine rings is 1. The Bertz CT molecular complexity index is 440. The minimum absolute atomic E-state index is 0.496. The molecule has 1 fully saturated rings. The normalized spacial score (nSPS) is 32.3. The maximum Gasteiger partial charge on any atom is 0.128 e. The number of hydrogen-bond donors (Lipinski definition) is 3. The van der Waals surface area contributed by atoms with Crippen molar-refractivity contribution >= 4 is 5.82 Å². The zero-order chi connectivity index (χ0) is 14.2. The van der Waals surface area contributed by atoms with Gasteiger partial charge in [-0.1, -0.05) is 0 Å². The molecule has 1 aliphatic rings. The van der Waals surface area contributed by atoms with E-state index >= 15 is 0 Å². The van der Waals surface area contributed by atoms with Crippen molar-refractivity contribution in [1.29, 1.82) is 0 Å². The molecule has 0 bridgehead atoms. The fourth-order valence-corrected chi connectivity index (χ4v) is 2.19. The molecule has 2 heterocycles. The highest BCUT2D eigenvalue weighted by atomic mass is 16.6. The lowest BCUT2D eigenvalue weighted by Gasteiger charge is -2.22. The molecule has 106 valence electrons. The van der Waals surface area contributed by atoms with E-state index in [1.165, 1.54) is 0 Å². The highest BCUT2D eigenvalue weighted by Gasteiger charge is 2.44. The first-order chi connectivity index (χ1) is 8.91. The van der Waals surface area contributed by atoms with Gasteiger partial charge in [0.05, 0.1) is 6.10 Å². The van der Waals surface area contributed by atoms with Crippen molar-refractivity contribution in [2.45, 2.75) is 37.4 Å². The summed E-state index contributed by atoms with van der Waals surface area (Å²) in [5.41, 5.74) is 0.601. The van der Waals surface area contributed by atoms with E-state index in [9.17, 15) is 15.3 Å². The molecule has 0 saturated carbocycles. The summed E-state index contributed by atoms with van der Waals surface area (Å²) in [4.78, 5) is 5.98. The average molecular weight is 268 g/mol. The molecule has 0 aliphatic carbocycles. The quantitative estimate of drug-likeness (QED) is 0.697. The molecule has 0 spiro atoms. The van der Waals surface area contributed by atoms with Crippen LogP contribution < -0.4 is 4.90 Å². The predicted molar refractivity (Wildman–Crippen MR) is 69.9 cm³/mol. The Morgan fingerprint density at radius 2 is 2.00 bits per heavy atom. The van der Waals surface area contributed by atoms with Crippen LogP contribution in [0.5, 0.6) is 0 Å². The monoisotopic (exact) mass is 268 g/mol. The van der Waals surface area contributed by atoms with Gasteiger partial charge in [0.15, 0.2) is 0 Å². The minimum atomic E-state index is -1.10. The van der Waals surface area contributed by atoms with E-state index < -0.39 is 30.5 Å². The number of aliphatic hydroxyl groups excluding tert-OH is 3. The van der Waals surface area contributed by atoms with Crippen LogP contribution in [0.2, 0.25) is 0 Å². The van der Waals surface area contributed by atoms with Gasteiger partial charge in [-0.2, -0.15) is 0 Å². The Balaban J connectivity index is 2.20. The lowest BCUT2D eigenvalue weighted by Crippen LogP contribution is -2.35. The molecule has 0 amide bonds. The SMILES string of the molecule is CC1OC(C(O)c2ccnc(N(C)C)c2)C(O)C1O. The second-order valence-electron chi connectivity index (χ2n) is 5.07. The fourth-order valence-electron chi connectivity index (χ4n) is 2.19. The molecule has 19 heavy (non-hydrogen) atoms. The molecule has 2 rings (SSSR count). The third-order valence-electron chi connectivity index (χ3n) is 3.42. The maximum absolute atomic E-state index is 10.3. The van der Waals surface area contributed by atoms with Gasteiger partial charge < -0.3 is 25.0 Å². The van der Waals surface area contributed by atoms with E-state index in [1.54, 1.807) is 25.3 Å². The van der Waals surface area contributed by atoms with E-state index in [0.29, 0.717) is 11.4 Å². The van der Waals surface area contributed by atoms with Crippen molar-refractivity contribution in [3.8, 4) is 0 Å². The van der Waals surface area contributed by atoms with E-state index in [-0.39, 0.29) is 0 Å². The molecule has 5 atom stereocenters. The average Bonchev–Trinajstić information content (AvgIpc) is 2.66. The number of anilines is 1. The first kappa shape index (κ1) is 14.2. The molecule has 5 unspecified atom stereocenters. The summed E-state index contributed by atoms with van der Waals surface area (Å²) >= 11 is 0. The topological polar surface area (TPSA) is 86.1 Å². The van der Waals surface area contributed by atoms with Crippen molar-refractivity contribution in [1.82, 2.24) is 4.98 Å². The van der Waals surface area contributed by atoms with Crippen molar-refractivity contribution in [3.05, 3.63) is 23.9 Å². The summed E-state index contributed by atoms with van der Waals surface area (Å²) < 4.78 is 5.42. The van der Waals surface area contributed by atoms with Gasteiger partial charge in [-0.3, -0.25) is 0 Å². The lowest BCUT2D eigenvalue weighted by atomic mass is 9.99. The summed E-state index contributed by atoms with van der Waals surface area (Å²) in [5, 5.41) is 29.8. The lowest BCUT2D eigenvalue weighted by molar-refractivity contribution is -0.0635. The van der Waals surface area contributed by atoms with Crippen LogP contribution in [0.1, 0.15) is 18.6 Å². The molecular formula is C13H20N2O4. The second kappa shape index (κ2) is 5.42. The van der Waals surface area contributed by atoms with E-state index in [1.807, 2.05) is 19.0 Å². The molecule has 6 nitrogen and oxygen atoms in total. The second-order valence-corrected chi connectivity index (χ2v) is 5.07. The third-order valence-corrected chi connectivity index (χ3v) is 3.42. The van der Waals surface area contributed by atoms with Crippen LogP contribution in [-0.2, 0) is 4.74 Å². The third kappa shape index (κ3) is 2.71. The van der Waals surface area contributed by atoms with Crippen molar-refractivity contribution in [3.63, 3.8) is 0 Å². The van der Waals surface area contributed by atoms with Gasteiger partial charge in [0.25, 0.3) is 0 Å². The molecule has 0 aromatic carbocycles.